The summed E-state index contributed by atoms with van der Waals surface area (Å²) in [5, 5.41) is 13.9. The Kier molecular flexibility index (Phi) is 4.47. The van der Waals surface area contributed by atoms with E-state index in [0.717, 1.165) is 17.7 Å². The van der Waals surface area contributed by atoms with Gasteiger partial charge in [0.05, 0.1) is 29.0 Å². The first-order valence-corrected chi connectivity index (χ1v) is 8.45. The van der Waals surface area contributed by atoms with E-state index in [9.17, 15) is 9.59 Å². The molecule has 23 heavy (non-hydrogen) atoms. The molecule has 122 valence electrons. The zero-order valence-corrected chi connectivity index (χ0v) is 13.4. The van der Waals surface area contributed by atoms with Gasteiger partial charge in [0.2, 0.25) is 11.8 Å². The van der Waals surface area contributed by atoms with E-state index in [2.05, 4.69) is 10.3 Å². The van der Waals surface area contributed by atoms with E-state index < -0.39 is 11.5 Å². The number of carboxylic acid groups (broad SMARTS) is 1. The molecule has 1 fully saturated rings. The Morgan fingerprint density at radius 3 is 2.83 bits per heavy atom. The van der Waals surface area contributed by atoms with Gasteiger partial charge in [-0.05, 0) is 24.3 Å². The number of nitrogens with one attached hydrogen (secondary N) is 1. The molecule has 1 amide bonds. The van der Waals surface area contributed by atoms with Gasteiger partial charge in [0.15, 0.2) is 0 Å². The van der Waals surface area contributed by atoms with Crippen molar-refractivity contribution in [3.05, 3.63) is 29.5 Å². The number of rotatable bonds is 6. The smallest absolute Gasteiger partial charge is 0.305 e. The summed E-state index contributed by atoms with van der Waals surface area (Å²) in [6.45, 7) is 0. The van der Waals surface area contributed by atoms with Gasteiger partial charge < -0.3 is 14.8 Å². The normalized spacial score (nSPS) is 16.3. The predicted octanol–water partition coefficient (Wildman–Crippen LogP) is 2.85. The van der Waals surface area contributed by atoms with Crippen LogP contribution >= 0.6 is 11.3 Å². The van der Waals surface area contributed by atoms with Crippen LogP contribution < -0.4 is 5.32 Å². The molecular weight excluding hydrogens is 316 g/mol. The summed E-state index contributed by atoms with van der Waals surface area (Å²) >= 11 is 1.52. The van der Waals surface area contributed by atoms with Crippen LogP contribution in [0.2, 0.25) is 0 Å². The number of carbonyl (C=O) groups is 2. The topological polar surface area (TPSA) is 92.4 Å². The minimum Gasteiger partial charge on any atom is -0.481 e. The highest BCUT2D eigenvalue weighted by Crippen LogP contribution is 2.32. The quantitative estimate of drug-likeness (QED) is 0.847. The number of carboxylic acids is 1. The third-order valence-electron chi connectivity index (χ3n) is 4.08. The molecule has 2 N–H and O–H groups in total. The molecule has 2 aromatic rings. The van der Waals surface area contributed by atoms with E-state index in [-0.39, 0.29) is 18.7 Å². The fourth-order valence-corrected chi connectivity index (χ4v) is 3.75. The van der Waals surface area contributed by atoms with Gasteiger partial charge in [-0.25, -0.2) is 4.98 Å². The van der Waals surface area contributed by atoms with Crippen LogP contribution in [0.3, 0.4) is 0 Å². The van der Waals surface area contributed by atoms with E-state index in [1.165, 1.54) is 17.6 Å². The van der Waals surface area contributed by atoms with Gasteiger partial charge in [-0.1, -0.05) is 18.9 Å². The average molecular weight is 334 g/mol. The molecule has 0 unspecified atom stereocenters. The average Bonchev–Trinajstić information content (AvgIpc) is 3.18. The minimum absolute atomic E-state index is 0.0298. The maximum Gasteiger partial charge on any atom is 0.305 e. The van der Waals surface area contributed by atoms with Gasteiger partial charge in [-0.15, -0.1) is 11.3 Å². The molecule has 0 aromatic carbocycles. The van der Waals surface area contributed by atoms with E-state index in [1.54, 1.807) is 0 Å². The largest absolute Gasteiger partial charge is 0.481 e. The van der Waals surface area contributed by atoms with Crippen LogP contribution in [0.4, 0.5) is 0 Å². The van der Waals surface area contributed by atoms with Crippen LogP contribution in [-0.4, -0.2) is 27.5 Å². The van der Waals surface area contributed by atoms with Gasteiger partial charge in [0.25, 0.3) is 0 Å². The molecule has 1 aliphatic carbocycles. The summed E-state index contributed by atoms with van der Waals surface area (Å²) in [6, 6.07) is 3.81. The summed E-state index contributed by atoms with van der Waals surface area (Å²) < 4.78 is 5.39. The van der Waals surface area contributed by atoms with Gasteiger partial charge >= 0.3 is 5.97 Å². The van der Waals surface area contributed by atoms with Gasteiger partial charge in [-0.2, -0.15) is 0 Å². The third-order valence-corrected chi connectivity index (χ3v) is 4.94. The SMILES string of the molecule is O=C(O)CC1(NC(=O)Cc2coc(-c3cccs3)n2)CCCC1. The van der Waals surface area contributed by atoms with Crippen molar-refractivity contribution in [1.82, 2.24) is 10.3 Å². The number of nitrogens with zero attached hydrogens (tertiary/aromatic N) is 1. The van der Waals surface area contributed by atoms with Crippen LogP contribution in [0.5, 0.6) is 0 Å². The van der Waals surface area contributed by atoms with Crippen LogP contribution in [0, 0.1) is 0 Å². The van der Waals surface area contributed by atoms with Gasteiger partial charge in [0, 0.05) is 0 Å². The number of carbonyl (C=O) groups excluding carboxylic acids is 1. The van der Waals surface area contributed by atoms with Crippen molar-refractivity contribution >= 4 is 23.2 Å². The van der Waals surface area contributed by atoms with Crippen LogP contribution in [0.1, 0.15) is 37.8 Å². The van der Waals surface area contributed by atoms with E-state index in [0.29, 0.717) is 24.4 Å². The van der Waals surface area contributed by atoms with E-state index in [4.69, 9.17) is 9.52 Å². The first-order valence-electron chi connectivity index (χ1n) is 7.57. The molecule has 6 nitrogen and oxygen atoms in total. The molecule has 1 saturated carbocycles. The van der Waals surface area contributed by atoms with Crippen molar-refractivity contribution < 1.29 is 19.1 Å². The Balaban J connectivity index is 1.63. The lowest BCUT2D eigenvalue weighted by Gasteiger charge is -2.28. The summed E-state index contributed by atoms with van der Waals surface area (Å²) in [6.07, 6.45) is 4.86. The molecule has 2 heterocycles. The summed E-state index contributed by atoms with van der Waals surface area (Å²) in [5.74, 6) is -0.586. The molecule has 3 rings (SSSR count). The minimum atomic E-state index is -0.881. The second-order valence-electron chi connectivity index (χ2n) is 5.90. The van der Waals surface area contributed by atoms with Crippen LogP contribution in [0.15, 0.2) is 28.2 Å². The molecule has 0 radical (unpaired) electrons. The van der Waals surface area contributed by atoms with Crippen molar-refractivity contribution in [3.8, 4) is 10.8 Å². The van der Waals surface area contributed by atoms with Gasteiger partial charge in [0.1, 0.15) is 6.26 Å². The Morgan fingerprint density at radius 1 is 1.39 bits per heavy atom. The lowest BCUT2D eigenvalue weighted by molar-refractivity contribution is -0.139. The predicted molar refractivity (Wildman–Crippen MR) is 85.1 cm³/mol. The molecule has 0 aliphatic heterocycles. The van der Waals surface area contributed by atoms with Crippen molar-refractivity contribution in [2.75, 3.05) is 0 Å². The van der Waals surface area contributed by atoms with Gasteiger partial charge in [-0.3, -0.25) is 9.59 Å². The van der Waals surface area contributed by atoms with E-state index in [1.807, 2.05) is 17.5 Å². The Bertz CT molecular complexity index is 687. The number of oxazole rings is 1. The maximum atomic E-state index is 12.3. The Labute approximate surface area is 137 Å². The number of aromatic nitrogens is 1. The molecule has 2 aromatic heterocycles. The monoisotopic (exact) mass is 334 g/mol. The number of hydrogen-bond donors (Lipinski definition) is 2. The molecular formula is C16H18N2O4S. The standard InChI is InChI=1S/C16H18N2O4S/c19-13(18-16(9-14(20)21)5-1-2-6-16)8-11-10-22-15(17-11)12-4-3-7-23-12/h3-4,7,10H,1-2,5-6,8-9H2,(H,18,19)(H,20,21). The molecule has 0 spiro atoms. The fourth-order valence-electron chi connectivity index (χ4n) is 3.09. The van der Waals surface area contributed by atoms with Crippen molar-refractivity contribution in [1.29, 1.82) is 0 Å². The van der Waals surface area contributed by atoms with Crippen molar-refractivity contribution in [2.45, 2.75) is 44.1 Å². The Hall–Kier alpha value is -2.15. The first kappa shape index (κ1) is 15.7. The summed E-state index contributed by atoms with van der Waals surface area (Å²) in [5.41, 5.74) is -0.0576. The fraction of sp³-hybridized carbons (Fsp3) is 0.438. The van der Waals surface area contributed by atoms with Crippen LogP contribution in [0.25, 0.3) is 10.8 Å². The molecule has 0 saturated heterocycles. The molecule has 0 atom stereocenters. The number of aliphatic carboxylic acids is 1. The Morgan fingerprint density at radius 2 is 2.17 bits per heavy atom. The van der Waals surface area contributed by atoms with Crippen molar-refractivity contribution in [2.24, 2.45) is 0 Å². The zero-order valence-electron chi connectivity index (χ0n) is 12.6. The van der Waals surface area contributed by atoms with E-state index >= 15 is 0 Å². The highest BCUT2D eigenvalue weighted by atomic mass is 32.1. The number of thiophene rings is 1. The maximum absolute atomic E-state index is 12.3. The number of hydrogen-bond acceptors (Lipinski definition) is 5. The highest BCUT2D eigenvalue weighted by Gasteiger charge is 2.37. The lowest BCUT2D eigenvalue weighted by atomic mass is 9.93. The highest BCUT2D eigenvalue weighted by molar-refractivity contribution is 7.13. The first-order chi connectivity index (χ1) is 11.1. The summed E-state index contributed by atoms with van der Waals surface area (Å²) in [7, 11) is 0. The second kappa shape index (κ2) is 6.54. The van der Waals surface area contributed by atoms with Crippen molar-refractivity contribution in [3.63, 3.8) is 0 Å². The summed E-state index contributed by atoms with van der Waals surface area (Å²) in [4.78, 5) is 28.6. The third kappa shape index (κ3) is 3.79. The molecule has 0 bridgehead atoms. The molecule has 7 heteroatoms. The zero-order chi connectivity index (χ0) is 16.3. The molecule has 1 aliphatic rings. The number of amides is 1. The second-order valence-corrected chi connectivity index (χ2v) is 6.85. The lowest BCUT2D eigenvalue weighted by Crippen LogP contribution is -2.48. The van der Waals surface area contributed by atoms with Crippen LogP contribution in [-0.2, 0) is 16.0 Å².